The third-order valence-corrected chi connectivity index (χ3v) is 5.91. The highest BCUT2D eigenvalue weighted by Gasteiger charge is 2.27. The Bertz CT molecular complexity index is 1180. The molecule has 0 saturated carbocycles. The van der Waals surface area contributed by atoms with Crippen LogP contribution in [-0.4, -0.2) is 65.2 Å². The molecular formula is C26H28F2N4O4. The zero-order chi connectivity index (χ0) is 25.5. The number of aromatic nitrogens is 2. The fraction of sp³-hybridized carbons (Fsp3) is 0.346. The first-order valence-electron chi connectivity index (χ1n) is 11.8. The van der Waals surface area contributed by atoms with Crippen molar-refractivity contribution >= 4 is 12.0 Å². The summed E-state index contributed by atoms with van der Waals surface area (Å²) in [5, 5.41) is 4.10. The summed E-state index contributed by atoms with van der Waals surface area (Å²) in [5.41, 5.74) is 1.54. The molecule has 0 spiro atoms. The van der Waals surface area contributed by atoms with E-state index in [2.05, 4.69) is 19.8 Å². The molecule has 1 fully saturated rings. The molecule has 10 heteroatoms. The number of ether oxygens (including phenoxy) is 2. The van der Waals surface area contributed by atoms with Crippen molar-refractivity contribution in [3.05, 3.63) is 66.1 Å². The molecule has 0 bridgehead atoms. The lowest BCUT2D eigenvalue weighted by atomic mass is 10.1. The van der Waals surface area contributed by atoms with Gasteiger partial charge in [-0.05, 0) is 37.6 Å². The SMILES string of the molecule is CCOc1cc(/C=C/C(=O)N2CCN(C(C)c3nc(-c4ccccc4)no3)CC2)ccc1OC(F)F. The van der Waals surface area contributed by atoms with E-state index < -0.39 is 6.61 Å². The zero-order valence-electron chi connectivity index (χ0n) is 20.1. The highest BCUT2D eigenvalue weighted by molar-refractivity contribution is 5.92. The predicted octanol–water partition coefficient (Wildman–Crippen LogP) is 4.66. The van der Waals surface area contributed by atoms with Gasteiger partial charge in [0.2, 0.25) is 17.6 Å². The first-order chi connectivity index (χ1) is 17.4. The van der Waals surface area contributed by atoms with Crippen LogP contribution in [0.1, 0.15) is 31.3 Å². The van der Waals surface area contributed by atoms with Crippen molar-refractivity contribution in [2.45, 2.75) is 26.5 Å². The van der Waals surface area contributed by atoms with Crippen molar-refractivity contribution in [2.75, 3.05) is 32.8 Å². The summed E-state index contributed by atoms with van der Waals surface area (Å²) >= 11 is 0. The quantitative estimate of drug-likeness (QED) is 0.397. The number of carbonyl (C=O) groups is 1. The van der Waals surface area contributed by atoms with Gasteiger partial charge in [0.15, 0.2) is 11.5 Å². The number of hydrogen-bond donors (Lipinski definition) is 0. The van der Waals surface area contributed by atoms with E-state index in [-0.39, 0.29) is 23.4 Å². The lowest BCUT2D eigenvalue weighted by Gasteiger charge is -2.36. The molecule has 1 aromatic heterocycles. The molecule has 1 amide bonds. The van der Waals surface area contributed by atoms with Crippen LogP contribution >= 0.6 is 0 Å². The Balaban J connectivity index is 1.32. The third kappa shape index (κ3) is 6.25. The summed E-state index contributed by atoms with van der Waals surface area (Å²) in [5.74, 6) is 1.12. The second-order valence-electron chi connectivity index (χ2n) is 8.21. The summed E-state index contributed by atoms with van der Waals surface area (Å²) in [6, 6.07) is 14.1. The van der Waals surface area contributed by atoms with E-state index in [0.29, 0.717) is 50.1 Å². The number of piperazine rings is 1. The Hall–Kier alpha value is -3.79. The topological polar surface area (TPSA) is 80.9 Å². The average Bonchev–Trinajstić information content (AvgIpc) is 3.39. The number of rotatable bonds is 9. The molecule has 2 heterocycles. The normalized spacial score (nSPS) is 15.4. The minimum absolute atomic E-state index is 0.0438. The number of halogens is 2. The lowest BCUT2D eigenvalue weighted by Crippen LogP contribution is -2.48. The second kappa shape index (κ2) is 11.8. The van der Waals surface area contributed by atoms with Crippen LogP contribution in [-0.2, 0) is 4.79 Å². The summed E-state index contributed by atoms with van der Waals surface area (Å²) < 4.78 is 40.5. The Morgan fingerprint density at radius 3 is 2.56 bits per heavy atom. The van der Waals surface area contributed by atoms with E-state index in [1.165, 1.54) is 12.1 Å². The van der Waals surface area contributed by atoms with Crippen LogP contribution in [0.15, 0.2) is 59.1 Å². The van der Waals surface area contributed by atoms with Gasteiger partial charge in [-0.15, -0.1) is 0 Å². The number of hydrogen-bond acceptors (Lipinski definition) is 7. The molecular weight excluding hydrogens is 470 g/mol. The number of amides is 1. The van der Waals surface area contributed by atoms with E-state index in [0.717, 1.165) is 5.56 Å². The van der Waals surface area contributed by atoms with Gasteiger partial charge in [0.05, 0.1) is 12.6 Å². The lowest BCUT2D eigenvalue weighted by molar-refractivity contribution is -0.128. The maximum Gasteiger partial charge on any atom is 0.387 e. The highest BCUT2D eigenvalue weighted by atomic mass is 19.3. The van der Waals surface area contributed by atoms with Gasteiger partial charge in [-0.25, -0.2) is 0 Å². The molecule has 0 aliphatic carbocycles. The van der Waals surface area contributed by atoms with Gasteiger partial charge in [-0.2, -0.15) is 13.8 Å². The van der Waals surface area contributed by atoms with Crippen LogP contribution in [0, 0.1) is 0 Å². The molecule has 1 saturated heterocycles. The zero-order valence-corrected chi connectivity index (χ0v) is 20.1. The highest BCUT2D eigenvalue weighted by Crippen LogP contribution is 2.30. The molecule has 8 nitrogen and oxygen atoms in total. The molecule has 1 aliphatic rings. The Morgan fingerprint density at radius 1 is 1.11 bits per heavy atom. The monoisotopic (exact) mass is 498 g/mol. The third-order valence-electron chi connectivity index (χ3n) is 5.91. The molecule has 3 aromatic rings. The second-order valence-corrected chi connectivity index (χ2v) is 8.21. The van der Waals surface area contributed by atoms with Crippen LogP contribution < -0.4 is 9.47 Å². The fourth-order valence-corrected chi connectivity index (χ4v) is 3.96. The summed E-state index contributed by atoms with van der Waals surface area (Å²) in [6.45, 7) is 3.55. The van der Waals surface area contributed by atoms with Crippen molar-refractivity contribution in [1.29, 1.82) is 0 Å². The van der Waals surface area contributed by atoms with Crippen LogP contribution in [0.2, 0.25) is 0 Å². The molecule has 1 atom stereocenters. The van der Waals surface area contributed by atoms with Crippen LogP contribution in [0.4, 0.5) is 8.78 Å². The summed E-state index contributed by atoms with van der Waals surface area (Å²) in [4.78, 5) is 21.2. The standard InChI is InChI=1S/C26H28F2N4O4/c1-3-34-22-17-19(9-11-21(22)35-26(27)28)10-12-23(33)32-15-13-31(14-16-32)18(2)25-29-24(30-36-25)20-7-5-4-6-8-20/h4-12,17-18,26H,3,13-16H2,1-2H3/b12-10+. The summed E-state index contributed by atoms with van der Waals surface area (Å²) in [6.07, 6.45) is 3.11. The van der Waals surface area contributed by atoms with Gasteiger partial charge in [-0.3, -0.25) is 9.69 Å². The molecule has 36 heavy (non-hydrogen) atoms. The first-order valence-corrected chi connectivity index (χ1v) is 11.8. The van der Waals surface area contributed by atoms with E-state index >= 15 is 0 Å². The van der Waals surface area contributed by atoms with E-state index in [1.54, 1.807) is 30.0 Å². The van der Waals surface area contributed by atoms with E-state index in [9.17, 15) is 13.6 Å². The number of benzene rings is 2. The van der Waals surface area contributed by atoms with Gasteiger partial charge in [0.1, 0.15) is 0 Å². The largest absolute Gasteiger partial charge is 0.490 e. The van der Waals surface area contributed by atoms with Gasteiger partial charge in [0.25, 0.3) is 0 Å². The molecule has 1 unspecified atom stereocenters. The first kappa shape index (κ1) is 25.3. The van der Waals surface area contributed by atoms with Crippen molar-refractivity contribution in [3.63, 3.8) is 0 Å². The molecule has 190 valence electrons. The van der Waals surface area contributed by atoms with Crippen molar-refractivity contribution in [2.24, 2.45) is 0 Å². The molecule has 1 aliphatic heterocycles. The molecule has 2 aromatic carbocycles. The number of carbonyl (C=O) groups excluding carboxylic acids is 1. The van der Waals surface area contributed by atoms with Gasteiger partial charge in [-0.1, -0.05) is 41.6 Å². The molecule has 4 rings (SSSR count). The minimum atomic E-state index is -2.95. The number of alkyl halides is 2. The van der Waals surface area contributed by atoms with Gasteiger partial charge >= 0.3 is 6.61 Å². The van der Waals surface area contributed by atoms with Gasteiger partial charge in [0, 0.05) is 37.8 Å². The van der Waals surface area contributed by atoms with Crippen LogP contribution in [0.3, 0.4) is 0 Å². The molecule has 0 N–H and O–H groups in total. The van der Waals surface area contributed by atoms with Crippen molar-refractivity contribution in [1.82, 2.24) is 19.9 Å². The molecule has 0 radical (unpaired) electrons. The maximum atomic E-state index is 12.7. The predicted molar refractivity (Wildman–Crippen MR) is 130 cm³/mol. The Labute approximate surface area is 208 Å². The van der Waals surface area contributed by atoms with Crippen LogP contribution in [0.5, 0.6) is 11.5 Å². The average molecular weight is 499 g/mol. The summed E-state index contributed by atoms with van der Waals surface area (Å²) in [7, 11) is 0. The minimum Gasteiger partial charge on any atom is -0.490 e. The Kier molecular flexibility index (Phi) is 8.27. The van der Waals surface area contributed by atoms with Crippen molar-refractivity contribution < 1.29 is 27.6 Å². The smallest absolute Gasteiger partial charge is 0.387 e. The Morgan fingerprint density at radius 2 is 1.86 bits per heavy atom. The fourth-order valence-electron chi connectivity index (χ4n) is 3.96. The van der Waals surface area contributed by atoms with Gasteiger partial charge < -0.3 is 18.9 Å². The van der Waals surface area contributed by atoms with E-state index in [1.807, 2.05) is 37.3 Å². The number of nitrogens with zero attached hydrogens (tertiary/aromatic N) is 4. The van der Waals surface area contributed by atoms with E-state index in [4.69, 9.17) is 9.26 Å². The maximum absolute atomic E-state index is 12.7. The van der Waals surface area contributed by atoms with Crippen LogP contribution in [0.25, 0.3) is 17.5 Å². The van der Waals surface area contributed by atoms with Crippen molar-refractivity contribution in [3.8, 4) is 22.9 Å².